The lowest BCUT2D eigenvalue weighted by molar-refractivity contribution is -0.173. The molecule has 0 aromatic carbocycles. The van der Waals surface area contributed by atoms with Crippen LogP contribution in [0.2, 0.25) is 5.02 Å². The van der Waals surface area contributed by atoms with E-state index in [9.17, 15) is 13.2 Å². The van der Waals surface area contributed by atoms with Gasteiger partial charge in [0.1, 0.15) is 6.61 Å². The molecule has 20 heavy (non-hydrogen) atoms. The van der Waals surface area contributed by atoms with Crippen molar-refractivity contribution in [3.05, 3.63) is 16.4 Å². The van der Waals surface area contributed by atoms with Gasteiger partial charge in [0.2, 0.25) is 0 Å². The fraction of sp³-hybridized carbons (Fsp3) is 0.750. The van der Waals surface area contributed by atoms with Crippen LogP contribution in [0, 0.1) is 0 Å². The highest BCUT2D eigenvalue weighted by atomic mass is 35.5. The van der Waals surface area contributed by atoms with E-state index in [0.29, 0.717) is 24.7 Å². The fourth-order valence-electron chi connectivity index (χ4n) is 1.73. The number of aromatic nitrogens is 2. The van der Waals surface area contributed by atoms with Crippen molar-refractivity contribution >= 4 is 11.6 Å². The average molecular weight is 314 g/mol. The quantitative estimate of drug-likeness (QED) is 0.750. The second-order valence-electron chi connectivity index (χ2n) is 4.22. The van der Waals surface area contributed by atoms with Crippen LogP contribution in [0.4, 0.5) is 13.2 Å². The molecule has 1 rings (SSSR count). The maximum Gasteiger partial charge on any atom is 0.411 e. The molecule has 0 spiro atoms. The molecule has 0 fully saturated rings. The first-order valence-corrected chi connectivity index (χ1v) is 6.86. The predicted octanol–water partition coefficient (Wildman–Crippen LogP) is 2.79. The first-order valence-electron chi connectivity index (χ1n) is 6.48. The first kappa shape index (κ1) is 17.3. The molecule has 116 valence electrons. The number of nitrogens with one attached hydrogen (secondary N) is 1. The van der Waals surface area contributed by atoms with Crippen LogP contribution in [0.3, 0.4) is 0 Å². The summed E-state index contributed by atoms with van der Waals surface area (Å²) < 4.78 is 41.8. The van der Waals surface area contributed by atoms with Gasteiger partial charge < -0.3 is 10.1 Å². The summed E-state index contributed by atoms with van der Waals surface area (Å²) in [5, 5.41) is 7.99. The highest BCUT2D eigenvalue weighted by Crippen LogP contribution is 2.21. The standard InChI is InChI=1S/C12H19ClF3N3O/c1-3-9-11(13)10(19(4-2)18-9)7-17-5-6-20-8-12(14,15)16/h17H,3-8H2,1-2H3. The zero-order valence-electron chi connectivity index (χ0n) is 11.6. The van der Waals surface area contributed by atoms with Gasteiger partial charge >= 0.3 is 6.18 Å². The van der Waals surface area contributed by atoms with E-state index in [-0.39, 0.29) is 6.61 Å². The first-order chi connectivity index (χ1) is 9.39. The molecule has 1 heterocycles. The molecule has 4 nitrogen and oxygen atoms in total. The summed E-state index contributed by atoms with van der Waals surface area (Å²) in [6.45, 7) is 4.18. The van der Waals surface area contributed by atoms with Crippen LogP contribution in [0.25, 0.3) is 0 Å². The Balaban J connectivity index is 2.37. The lowest BCUT2D eigenvalue weighted by atomic mass is 10.3. The Hall–Kier alpha value is -0.790. The van der Waals surface area contributed by atoms with E-state index in [2.05, 4.69) is 15.2 Å². The van der Waals surface area contributed by atoms with Crippen molar-refractivity contribution in [2.75, 3.05) is 19.8 Å². The molecule has 0 atom stereocenters. The summed E-state index contributed by atoms with van der Waals surface area (Å²) in [4.78, 5) is 0. The highest BCUT2D eigenvalue weighted by Gasteiger charge is 2.27. The fourth-order valence-corrected chi connectivity index (χ4v) is 2.06. The van der Waals surface area contributed by atoms with E-state index in [4.69, 9.17) is 11.6 Å². The molecular weight excluding hydrogens is 295 g/mol. The number of hydrogen-bond acceptors (Lipinski definition) is 3. The molecule has 0 bridgehead atoms. The summed E-state index contributed by atoms with van der Waals surface area (Å²) in [6.07, 6.45) is -3.53. The molecular formula is C12H19ClF3N3O. The van der Waals surface area contributed by atoms with Crippen LogP contribution >= 0.6 is 11.6 Å². The minimum absolute atomic E-state index is 0.00196. The zero-order valence-corrected chi connectivity index (χ0v) is 12.3. The molecule has 0 radical (unpaired) electrons. The maximum atomic E-state index is 11.8. The Bertz CT molecular complexity index is 421. The predicted molar refractivity (Wildman–Crippen MR) is 70.9 cm³/mol. The van der Waals surface area contributed by atoms with Gasteiger partial charge in [0, 0.05) is 19.6 Å². The monoisotopic (exact) mass is 313 g/mol. The van der Waals surface area contributed by atoms with Crippen LogP contribution in [0.15, 0.2) is 0 Å². The molecule has 8 heteroatoms. The van der Waals surface area contributed by atoms with Crippen molar-refractivity contribution in [2.45, 2.75) is 39.5 Å². The molecule has 1 aromatic heterocycles. The number of nitrogens with zero attached hydrogens (tertiary/aromatic N) is 2. The Labute approximate surface area is 121 Å². The molecule has 0 saturated carbocycles. The van der Waals surface area contributed by atoms with E-state index in [0.717, 1.165) is 17.8 Å². The second-order valence-corrected chi connectivity index (χ2v) is 4.60. The number of rotatable bonds is 8. The molecule has 0 saturated heterocycles. The van der Waals surface area contributed by atoms with Crippen molar-refractivity contribution < 1.29 is 17.9 Å². The summed E-state index contributed by atoms with van der Waals surface area (Å²) in [7, 11) is 0. The third kappa shape index (κ3) is 5.30. The SMILES string of the molecule is CCc1nn(CC)c(CNCCOCC(F)(F)F)c1Cl. The number of ether oxygens (including phenoxy) is 1. The van der Waals surface area contributed by atoms with Gasteiger partial charge in [-0.1, -0.05) is 18.5 Å². The summed E-state index contributed by atoms with van der Waals surface area (Å²) in [5.41, 5.74) is 1.68. The normalized spacial score (nSPS) is 12.1. The molecule has 0 amide bonds. The molecule has 0 aliphatic carbocycles. The van der Waals surface area contributed by atoms with Gasteiger partial charge in [-0.3, -0.25) is 4.68 Å². The van der Waals surface area contributed by atoms with Crippen molar-refractivity contribution in [2.24, 2.45) is 0 Å². The minimum atomic E-state index is -4.28. The van der Waals surface area contributed by atoms with Crippen LogP contribution in [0.5, 0.6) is 0 Å². The van der Waals surface area contributed by atoms with E-state index < -0.39 is 12.8 Å². The maximum absolute atomic E-state index is 11.8. The minimum Gasteiger partial charge on any atom is -0.371 e. The van der Waals surface area contributed by atoms with Crippen LogP contribution in [0.1, 0.15) is 25.2 Å². The number of alkyl halides is 3. The second kappa shape index (κ2) is 7.85. The third-order valence-electron chi connectivity index (χ3n) is 2.68. The third-order valence-corrected chi connectivity index (χ3v) is 3.11. The number of halogens is 4. The summed E-state index contributed by atoms with van der Waals surface area (Å²) in [5.74, 6) is 0. The van der Waals surface area contributed by atoms with Crippen LogP contribution in [-0.2, 0) is 24.2 Å². The smallest absolute Gasteiger partial charge is 0.371 e. The molecule has 0 aliphatic rings. The van der Waals surface area contributed by atoms with Gasteiger partial charge in [-0.05, 0) is 13.3 Å². The summed E-state index contributed by atoms with van der Waals surface area (Å²) in [6, 6.07) is 0. The van der Waals surface area contributed by atoms with Crippen molar-refractivity contribution in [1.29, 1.82) is 0 Å². The van der Waals surface area contributed by atoms with Gasteiger partial charge in [0.05, 0.1) is 23.0 Å². The Morgan fingerprint density at radius 2 is 2.05 bits per heavy atom. The molecule has 0 unspecified atom stereocenters. The van der Waals surface area contributed by atoms with Gasteiger partial charge in [-0.15, -0.1) is 0 Å². The van der Waals surface area contributed by atoms with Crippen LogP contribution in [-0.4, -0.2) is 35.7 Å². The lowest BCUT2D eigenvalue weighted by Crippen LogP contribution is -2.24. The van der Waals surface area contributed by atoms with E-state index in [1.807, 2.05) is 13.8 Å². The van der Waals surface area contributed by atoms with Gasteiger partial charge in [-0.25, -0.2) is 0 Å². The summed E-state index contributed by atoms with van der Waals surface area (Å²) >= 11 is 6.20. The van der Waals surface area contributed by atoms with E-state index in [1.165, 1.54) is 0 Å². The van der Waals surface area contributed by atoms with Gasteiger partial charge in [-0.2, -0.15) is 18.3 Å². The Kier molecular flexibility index (Phi) is 6.78. The van der Waals surface area contributed by atoms with Crippen LogP contribution < -0.4 is 5.32 Å². The highest BCUT2D eigenvalue weighted by molar-refractivity contribution is 6.31. The van der Waals surface area contributed by atoms with Gasteiger partial charge in [0.15, 0.2) is 0 Å². The molecule has 0 aliphatic heterocycles. The van der Waals surface area contributed by atoms with E-state index in [1.54, 1.807) is 4.68 Å². The number of hydrogen-bond donors (Lipinski definition) is 1. The van der Waals surface area contributed by atoms with Crippen molar-refractivity contribution in [3.8, 4) is 0 Å². The lowest BCUT2D eigenvalue weighted by Gasteiger charge is -2.09. The Morgan fingerprint density at radius 1 is 1.35 bits per heavy atom. The number of aryl methyl sites for hydroxylation is 2. The Morgan fingerprint density at radius 3 is 2.60 bits per heavy atom. The van der Waals surface area contributed by atoms with Gasteiger partial charge in [0.25, 0.3) is 0 Å². The molecule has 1 aromatic rings. The van der Waals surface area contributed by atoms with E-state index >= 15 is 0 Å². The van der Waals surface area contributed by atoms with Crippen molar-refractivity contribution in [3.63, 3.8) is 0 Å². The average Bonchev–Trinajstić information content (AvgIpc) is 2.68. The topological polar surface area (TPSA) is 39.1 Å². The molecule has 1 N–H and O–H groups in total. The van der Waals surface area contributed by atoms with Crippen molar-refractivity contribution in [1.82, 2.24) is 15.1 Å². The largest absolute Gasteiger partial charge is 0.411 e. The zero-order chi connectivity index (χ0) is 15.2.